The van der Waals surface area contributed by atoms with E-state index in [0.29, 0.717) is 5.69 Å². The molecule has 0 aliphatic rings. The molecule has 0 radical (unpaired) electrons. The molecule has 0 aliphatic heterocycles. The fraction of sp³-hybridized carbons (Fsp3) is 0.471. The van der Waals surface area contributed by atoms with Gasteiger partial charge in [-0.1, -0.05) is 13.8 Å². The zero-order valence-electron chi connectivity index (χ0n) is 14.5. The van der Waals surface area contributed by atoms with E-state index in [1.165, 1.54) is 0 Å². The average molecular weight is 331 g/mol. The molecule has 0 saturated carbocycles. The summed E-state index contributed by atoms with van der Waals surface area (Å²) in [6.45, 7) is 7.72. The Bertz CT molecular complexity index is 736. The highest BCUT2D eigenvalue weighted by atomic mass is 16.2. The van der Waals surface area contributed by atoms with Crippen LogP contribution in [0.25, 0.3) is 10.9 Å². The Balaban J connectivity index is 1.96. The van der Waals surface area contributed by atoms with E-state index in [4.69, 9.17) is 5.73 Å². The van der Waals surface area contributed by atoms with Crippen LogP contribution in [0.2, 0.25) is 0 Å². The van der Waals surface area contributed by atoms with Gasteiger partial charge in [0.25, 0.3) is 0 Å². The third-order valence-corrected chi connectivity index (χ3v) is 3.78. The highest BCUT2D eigenvalue weighted by molar-refractivity contribution is 5.96. The zero-order chi connectivity index (χ0) is 17.9. The molecule has 1 heterocycles. The first kappa shape index (κ1) is 17.9. The lowest BCUT2D eigenvalue weighted by Gasteiger charge is -2.15. The van der Waals surface area contributed by atoms with E-state index in [1.807, 2.05) is 36.9 Å². The molecule has 0 unspecified atom stereocenters. The van der Waals surface area contributed by atoms with Crippen LogP contribution in [0, 0.1) is 5.92 Å². The number of carbonyl (C=O) groups is 2. The van der Waals surface area contributed by atoms with Crippen molar-refractivity contribution in [1.82, 2.24) is 15.1 Å². The zero-order valence-corrected chi connectivity index (χ0v) is 14.5. The van der Waals surface area contributed by atoms with Crippen LogP contribution in [-0.2, 0) is 9.59 Å². The van der Waals surface area contributed by atoms with Crippen LogP contribution in [0.1, 0.15) is 33.7 Å². The number of hydrogen-bond donors (Lipinski definition) is 3. The number of carbonyl (C=O) groups excluding carboxylic acids is 2. The van der Waals surface area contributed by atoms with Crippen LogP contribution in [0.4, 0.5) is 5.69 Å². The van der Waals surface area contributed by atoms with E-state index in [1.54, 1.807) is 6.07 Å². The van der Waals surface area contributed by atoms with Gasteiger partial charge in [0.15, 0.2) is 0 Å². The van der Waals surface area contributed by atoms with Crippen LogP contribution in [-0.4, -0.2) is 34.2 Å². The van der Waals surface area contributed by atoms with Gasteiger partial charge >= 0.3 is 0 Å². The van der Waals surface area contributed by atoms with Crippen molar-refractivity contribution in [1.29, 1.82) is 0 Å². The molecule has 2 amide bonds. The molecule has 1 atom stereocenters. The minimum atomic E-state index is -0.615. The van der Waals surface area contributed by atoms with E-state index >= 15 is 0 Å². The third-order valence-electron chi connectivity index (χ3n) is 3.78. The van der Waals surface area contributed by atoms with Gasteiger partial charge < -0.3 is 16.4 Å². The van der Waals surface area contributed by atoms with Gasteiger partial charge in [-0.15, -0.1) is 0 Å². The summed E-state index contributed by atoms with van der Waals surface area (Å²) in [5, 5.41) is 10.7. The molecule has 0 bridgehead atoms. The number of rotatable bonds is 6. The number of nitrogens with zero attached hydrogens (tertiary/aromatic N) is 2. The molecule has 7 nitrogen and oxygen atoms in total. The SMILES string of the molecule is CC(C)[C@H](N)C(=O)NCC(=O)Nc1ccc2nn(C(C)C)cc2c1. The second-order valence-electron chi connectivity index (χ2n) is 6.51. The third kappa shape index (κ3) is 4.32. The molecule has 0 saturated heterocycles. The Morgan fingerprint density at radius 1 is 1.25 bits per heavy atom. The maximum absolute atomic E-state index is 12.0. The lowest BCUT2D eigenvalue weighted by Crippen LogP contribution is -2.46. The standard InChI is InChI=1S/C17H25N5O2/c1-10(2)16(18)17(24)19-8-15(23)20-13-5-6-14-12(7-13)9-22(21-14)11(3)4/h5-7,9-11,16H,8,18H2,1-4H3,(H,19,24)(H,20,23)/t16-/m0/s1. The van der Waals surface area contributed by atoms with Crippen LogP contribution < -0.4 is 16.4 Å². The molecule has 24 heavy (non-hydrogen) atoms. The molecule has 2 aromatic rings. The minimum absolute atomic E-state index is 0.0213. The lowest BCUT2D eigenvalue weighted by atomic mass is 10.1. The van der Waals surface area contributed by atoms with E-state index in [2.05, 4.69) is 29.6 Å². The van der Waals surface area contributed by atoms with Crippen molar-refractivity contribution in [3.8, 4) is 0 Å². The van der Waals surface area contributed by atoms with Crippen LogP contribution in [0.15, 0.2) is 24.4 Å². The number of benzene rings is 1. The molecule has 4 N–H and O–H groups in total. The topological polar surface area (TPSA) is 102 Å². The number of amides is 2. The van der Waals surface area contributed by atoms with Gasteiger partial charge in [0.2, 0.25) is 11.8 Å². The Kier molecular flexibility index (Phi) is 5.56. The number of aromatic nitrogens is 2. The van der Waals surface area contributed by atoms with Crippen molar-refractivity contribution in [3.63, 3.8) is 0 Å². The Morgan fingerprint density at radius 3 is 2.58 bits per heavy atom. The summed E-state index contributed by atoms with van der Waals surface area (Å²) in [6.07, 6.45) is 1.94. The Morgan fingerprint density at radius 2 is 1.96 bits per heavy atom. The quantitative estimate of drug-likeness (QED) is 0.749. The summed E-state index contributed by atoms with van der Waals surface area (Å²) in [6, 6.07) is 5.17. The fourth-order valence-electron chi connectivity index (χ4n) is 2.18. The van der Waals surface area contributed by atoms with Crippen molar-refractivity contribution in [2.75, 3.05) is 11.9 Å². The maximum Gasteiger partial charge on any atom is 0.243 e. The first-order valence-electron chi connectivity index (χ1n) is 8.10. The Hall–Kier alpha value is -2.41. The summed E-state index contributed by atoms with van der Waals surface area (Å²) in [5.41, 5.74) is 7.27. The van der Waals surface area contributed by atoms with E-state index in [9.17, 15) is 9.59 Å². The smallest absolute Gasteiger partial charge is 0.243 e. The van der Waals surface area contributed by atoms with E-state index in [0.717, 1.165) is 10.9 Å². The summed E-state index contributed by atoms with van der Waals surface area (Å²) in [4.78, 5) is 23.7. The number of fused-ring (bicyclic) bond motifs is 1. The first-order valence-corrected chi connectivity index (χ1v) is 8.10. The van der Waals surface area contributed by atoms with E-state index < -0.39 is 6.04 Å². The van der Waals surface area contributed by atoms with Gasteiger partial charge in [-0.2, -0.15) is 5.10 Å². The number of nitrogens with two attached hydrogens (primary N) is 1. The second-order valence-corrected chi connectivity index (χ2v) is 6.51. The van der Waals surface area contributed by atoms with E-state index in [-0.39, 0.29) is 30.3 Å². The molecule has 0 fully saturated rings. The maximum atomic E-state index is 12.0. The highest BCUT2D eigenvalue weighted by Gasteiger charge is 2.17. The normalized spacial score (nSPS) is 12.6. The molecule has 2 rings (SSSR count). The van der Waals surface area contributed by atoms with Crippen LogP contribution in [0.5, 0.6) is 0 Å². The van der Waals surface area contributed by atoms with Crippen LogP contribution in [0.3, 0.4) is 0 Å². The molecule has 1 aromatic carbocycles. The van der Waals surface area contributed by atoms with Crippen LogP contribution >= 0.6 is 0 Å². The molecule has 7 heteroatoms. The lowest BCUT2D eigenvalue weighted by molar-refractivity contribution is -0.125. The van der Waals surface area contributed by atoms with Gasteiger partial charge in [-0.25, -0.2) is 0 Å². The monoisotopic (exact) mass is 331 g/mol. The fourth-order valence-corrected chi connectivity index (χ4v) is 2.18. The Labute approximate surface area is 141 Å². The van der Waals surface area contributed by atoms with Crippen molar-refractivity contribution in [3.05, 3.63) is 24.4 Å². The van der Waals surface area contributed by atoms with Crippen molar-refractivity contribution in [2.45, 2.75) is 39.8 Å². The summed E-state index contributed by atoms with van der Waals surface area (Å²) in [5.74, 6) is -0.600. The van der Waals surface area contributed by atoms with Gasteiger partial charge in [-0.05, 0) is 38.0 Å². The summed E-state index contributed by atoms with van der Waals surface area (Å²) < 4.78 is 1.88. The largest absolute Gasteiger partial charge is 0.346 e. The van der Waals surface area contributed by atoms with Gasteiger partial charge in [0.1, 0.15) is 0 Å². The van der Waals surface area contributed by atoms with Crippen molar-refractivity contribution < 1.29 is 9.59 Å². The minimum Gasteiger partial charge on any atom is -0.346 e. The predicted molar refractivity (Wildman–Crippen MR) is 94.6 cm³/mol. The predicted octanol–water partition coefficient (Wildman–Crippen LogP) is 1.66. The average Bonchev–Trinajstić information content (AvgIpc) is 2.95. The molecular weight excluding hydrogens is 306 g/mol. The highest BCUT2D eigenvalue weighted by Crippen LogP contribution is 2.19. The summed E-state index contributed by atoms with van der Waals surface area (Å²) >= 11 is 0. The molecule has 0 spiro atoms. The molecule has 130 valence electrons. The van der Waals surface area contributed by atoms with Gasteiger partial charge in [-0.3, -0.25) is 14.3 Å². The molecule has 0 aliphatic carbocycles. The van der Waals surface area contributed by atoms with Gasteiger partial charge in [0.05, 0.1) is 18.1 Å². The van der Waals surface area contributed by atoms with Crippen molar-refractivity contribution >= 4 is 28.4 Å². The number of anilines is 1. The first-order chi connectivity index (χ1) is 11.3. The van der Waals surface area contributed by atoms with Gasteiger partial charge in [0, 0.05) is 23.3 Å². The second kappa shape index (κ2) is 7.44. The molecule has 1 aromatic heterocycles. The summed E-state index contributed by atoms with van der Waals surface area (Å²) in [7, 11) is 0. The number of nitrogens with one attached hydrogen (secondary N) is 2. The number of hydrogen-bond acceptors (Lipinski definition) is 4. The molecular formula is C17H25N5O2. The van der Waals surface area contributed by atoms with Crippen molar-refractivity contribution in [2.24, 2.45) is 11.7 Å².